The molecule has 0 amide bonds. The predicted octanol–water partition coefficient (Wildman–Crippen LogP) is 4.15. The standard InChI is InChI=1S/C18H14FN5OS/c19-14-3-1-12(2-4-14)16-6-5-15(25-16)11-21-24-17(22-23-18(24)26)13-7-9-20-10-8-13/h1-10,21H,11H2,(H,23,26). The highest BCUT2D eigenvalue weighted by Gasteiger charge is 2.10. The van der Waals surface area contributed by atoms with E-state index in [0.717, 1.165) is 11.1 Å². The van der Waals surface area contributed by atoms with Crippen molar-refractivity contribution >= 4 is 12.2 Å². The van der Waals surface area contributed by atoms with Crippen LogP contribution in [-0.4, -0.2) is 19.9 Å². The fourth-order valence-electron chi connectivity index (χ4n) is 2.54. The Balaban J connectivity index is 1.53. The lowest BCUT2D eigenvalue weighted by Crippen LogP contribution is -2.15. The molecule has 0 aliphatic carbocycles. The average molecular weight is 367 g/mol. The topological polar surface area (TPSA) is 71.7 Å². The van der Waals surface area contributed by atoms with Crippen LogP contribution >= 0.6 is 12.2 Å². The third-order valence-corrected chi connectivity index (χ3v) is 4.09. The summed E-state index contributed by atoms with van der Waals surface area (Å²) in [6.45, 7) is 0.410. The maximum Gasteiger partial charge on any atom is 0.214 e. The number of benzene rings is 1. The Morgan fingerprint density at radius 3 is 2.58 bits per heavy atom. The zero-order valence-electron chi connectivity index (χ0n) is 13.5. The summed E-state index contributed by atoms with van der Waals surface area (Å²) in [6, 6.07) is 13.6. The van der Waals surface area contributed by atoms with Crippen LogP contribution in [0.3, 0.4) is 0 Å². The summed E-state index contributed by atoms with van der Waals surface area (Å²) in [5.74, 6) is 1.77. The third-order valence-electron chi connectivity index (χ3n) is 3.81. The van der Waals surface area contributed by atoms with Gasteiger partial charge in [0.15, 0.2) is 5.82 Å². The van der Waals surface area contributed by atoms with Gasteiger partial charge in [0.1, 0.15) is 17.3 Å². The summed E-state index contributed by atoms with van der Waals surface area (Å²) in [5.41, 5.74) is 4.89. The highest BCUT2D eigenvalue weighted by molar-refractivity contribution is 7.71. The largest absolute Gasteiger partial charge is 0.459 e. The van der Waals surface area contributed by atoms with Crippen LogP contribution in [0.4, 0.5) is 4.39 Å². The van der Waals surface area contributed by atoms with Crippen LogP contribution < -0.4 is 5.43 Å². The van der Waals surface area contributed by atoms with Crippen LogP contribution in [0.1, 0.15) is 5.76 Å². The molecule has 0 unspecified atom stereocenters. The Bertz CT molecular complexity index is 1070. The number of furan rings is 1. The van der Waals surface area contributed by atoms with Crippen molar-refractivity contribution in [1.82, 2.24) is 19.9 Å². The second-order valence-corrected chi connectivity index (χ2v) is 5.92. The van der Waals surface area contributed by atoms with Crippen molar-refractivity contribution in [2.45, 2.75) is 6.54 Å². The molecule has 2 N–H and O–H groups in total. The van der Waals surface area contributed by atoms with E-state index in [1.165, 1.54) is 12.1 Å². The van der Waals surface area contributed by atoms with Gasteiger partial charge in [-0.05, 0) is 60.7 Å². The van der Waals surface area contributed by atoms with Gasteiger partial charge in [-0.3, -0.25) is 4.98 Å². The zero-order chi connectivity index (χ0) is 17.9. The molecular formula is C18H14FN5OS. The monoisotopic (exact) mass is 367 g/mol. The number of hydrogen-bond donors (Lipinski definition) is 2. The number of aromatic nitrogens is 4. The maximum atomic E-state index is 13.0. The molecule has 1 aromatic carbocycles. The Labute approximate surface area is 153 Å². The van der Waals surface area contributed by atoms with Crippen molar-refractivity contribution in [3.05, 3.63) is 77.3 Å². The van der Waals surface area contributed by atoms with Crippen LogP contribution in [0.25, 0.3) is 22.7 Å². The molecule has 0 bridgehead atoms. The van der Waals surface area contributed by atoms with E-state index in [2.05, 4.69) is 20.6 Å². The lowest BCUT2D eigenvalue weighted by Gasteiger charge is -2.08. The second kappa shape index (κ2) is 6.93. The summed E-state index contributed by atoms with van der Waals surface area (Å²) >= 11 is 5.28. The number of aromatic amines is 1. The van der Waals surface area contributed by atoms with Gasteiger partial charge in [-0.1, -0.05) is 0 Å². The minimum Gasteiger partial charge on any atom is -0.459 e. The van der Waals surface area contributed by atoms with Gasteiger partial charge in [0, 0.05) is 23.5 Å². The molecule has 130 valence electrons. The van der Waals surface area contributed by atoms with Crippen LogP contribution in [0.2, 0.25) is 0 Å². The molecule has 0 aliphatic rings. The van der Waals surface area contributed by atoms with Crippen molar-refractivity contribution in [3.8, 4) is 22.7 Å². The Kier molecular flexibility index (Phi) is 4.32. The van der Waals surface area contributed by atoms with Gasteiger partial charge in [0.2, 0.25) is 4.77 Å². The minimum absolute atomic E-state index is 0.278. The summed E-state index contributed by atoms with van der Waals surface area (Å²) in [4.78, 5) is 4.01. The summed E-state index contributed by atoms with van der Waals surface area (Å²) in [6.07, 6.45) is 3.39. The van der Waals surface area contributed by atoms with Crippen LogP contribution in [-0.2, 0) is 6.54 Å². The third kappa shape index (κ3) is 3.27. The van der Waals surface area contributed by atoms with Gasteiger partial charge >= 0.3 is 0 Å². The van der Waals surface area contributed by atoms with Gasteiger partial charge < -0.3 is 9.84 Å². The lowest BCUT2D eigenvalue weighted by atomic mass is 10.2. The van der Waals surface area contributed by atoms with E-state index < -0.39 is 0 Å². The number of nitrogens with one attached hydrogen (secondary N) is 2. The van der Waals surface area contributed by atoms with E-state index in [1.807, 2.05) is 24.3 Å². The molecule has 4 aromatic rings. The SMILES string of the molecule is Fc1ccc(-c2ccc(CNn3c(-c4ccncc4)n[nH]c3=S)o2)cc1. The Hall–Kier alpha value is -3.26. The maximum absolute atomic E-state index is 13.0. The highest BCUT2D eigenvalue weighted by Crippen LogP contribution is 2.23. The lowest BCUT2D eigenvalue weighted by molar-refractivity contribution is 0.522. The number of halogens is 1. The fourth-order valence-corrected chi connectivity index (χ4v) is 2.73. The van der Waals surface area contributed by atoms with Crippen molar-refractivity contribution < 1.29 is 8.81 Å². The number of pyridine rings is 1. The molecule has 0 saturated heterocycles. The van der Waals surface area contributed by atoms with Crippen LogP contribution in [0, 0.1) is 10.6 Å². The molecule has 0 aliphatic heterocycles. The van der Waals surface area contributed by atoms with Crippen molar-refractivity contribution in [3.63, 3.8) is 0 Å². The summed E-state index contributed by atoms with van der Waals surface area (Å²) in [7, 11) is 0. The van der Waals surface area contributed by atoms with Gasteiger partial charge in [0.05, 0.1) is 6.54 Å². The molecule has 3 aromatic heterocycles. The van der Waals surface area contributed by atoms with Crippen molar-refractivity contribution in [1.29, 1.82) is 0 Å². The number of nitrogens with zero attached hydrogens (tertiary/aromatic N) is 3. The van der Waals surface area contributed by atoms with Crippen molar-refractivity contribution in [2.24, 2.45) is 0 Å². The molecule has 3 heterocycles. The van der Waals surface area contributed by atoms with Gasteiger partial charge in [0.25, 0.3) is 0 Å². The molecule has 0 radical (unpaired) electrons. The molecule has 6 nitrogen and oxygen atoms in total. The first-order chi connectivity index (χ1) is 12.7. The summed E-state index contributed by atoms with van der Waals surface area (Å²) in [5, 5.41) is 7.02. The van der Waals surface area contributed by atoms with Crippen LogP contribution in [0.5, 0.6) is 0 Å². The van der Waals surface area contributed by atoms with E-state index in [-0.39, 0.29) is 5.82 Å². The van der Waals surface area contributed by atoms with E-state index >= 15 is 0 Å². The van der Waals surface area contributed by atoms with E-state index in [1.54, 1.807) is 29.2 Å². The van der Waals surface area contributed by atoms with Gasteiger partial charge in [-0.15, -0.1) is 0 Å². The van der Waals surface area contributed by atoms with Gasteiger partial charge in [-0.25, -0.2) is 14.2 Å². The molecule has 0 saturated carbocycles. The molecule has 0 fully saturated rings. The molecule has 0 atom stereocenters. The Morgan fingerprint density at radius 1 is 1.04 bits per heavy atom. The zero-order valence-corrected chi connectivity index (χ0v) is 14.3. The minimum atomic E-state index is -0.278. The van der Waals surface area contributed by atoms with E-state index in [4.69, 9.17) is 16.6 Å². The summed E-state index contributed by atoms with van der Waals surface area (Å²) < 4.78 is 21.0. The number of rotatable bonds is 5. The normalized spacial score (nSPS) is 10.8. The van der Waals surface area contributed by atoms with Gasteiger partial charge in [-0.2, -0.15) is 5.10 Å². The van der Waals surface area contributed by atoms with Crippen LogP contribution in [0.15, 0.2) is 65.3 Å². The van der Waals surface area contributed by atoms with Crippen molar-refractivity contribution in [2.75, 3.05) is 5.43 Å². The molecule has 26 heavy (non-hydrogen) atoms. The highest BCUT2D eigenvalue weighted by atomic mass is 32.1. The van der Waals surface area contributed by atoms with E-state index in [0.29, 0.717) is 28.7 Å². The quantitative estimate of drug-likeness (QED) is 0.519. The second-order valence-electron chi connectivity index (χ2n) is 5.53. The predicted molar refractivity (Wildman–Crippen MR) is 97.8 cm³/mol. The fraction of sp³-hybridized carbons (Fsp3) is 0.0556. The number of H-pyrrole nitrogens is 1. The molecular weight excluding hydrogens is 353 g/mol. The first-order valence-electron chi connectivity index (χ1n) is 7.87. The molecule has 0 spiro atoms. The van der Waals surface area contributed by atoms with E-state index in [9.17, 15) is 4.39 Å². The average Bonchev–Trinajstić information content (AvgIpc) is 3.28. The molecule has 4 rings (SSSR count). The molecule has 8 heteroatoms. The number of hydrogen-bond acceptors (Lipinski definition) is 5. The Morgan fingerprint density at radius 2 is 1.81 bits per heavy atom. The first kappa shape index (κ1) is 16.2. The smallest absolute Gasteiger partial charge is 0.214 e. The first-order valence-corrected chi connectivity index (χ1v) is 8.28.